The second kappa shape index (κ2) is 6.75. The summed E-state index contributed by atoms with van der Waals surface area (Å²) in [7, 11) is 1.76. The van der Waals surface area contributed by atoms with Gasteiger partial charge in [-0.15, -0.1) is 0 Å². The number of nitrogens with zero attached hydrogens (tertiary/aromatic N) is 1. The molecule has 0 saturated heterocycles. The normalized spacial score (nSPS) is 12.9. The molecule has 0 spiro atoms. The van der Waals surface area contributed by atoms with Gasteiger partial charge in [0.15, 0.2) is 0 Å². The standard InChI is InChI=1S/C16H26N2O2/c1-12-8-6-7-9-13(12)20-11-10-18(5)15(19)14(17)16(2,3)4/h6-9,14H,10-11,17H2,1-5H3. The first kappa shape index (κ1) is 16.5. The SMILES string of the molecule is Cc1ccccc1OCCN(C)C(=O)C(N)C(C)(C)C. The Hall–Kier alpha value is -1.55. The van der Waals surface area contributed by atoms with Gasteiger partial charge < -0.3 is 15.4 Å². The molecule has 1 atom stereocenters. The maximum Gasteiger partial charge on any atom is 0.239 e. The summed E-state index contributed by atoms with van der Waals surface area (Å²) in [6, 6.07) is 7.34. The first-order valence-corrected chi connectivity index (χ1v) is 6.92. The van der Waals surface area contributed by atoms with Crippen molar-refractivity contribution in [1.82, 2.24) is 4.90 Å². The Balaban J connectivity index is 2.46. The maximum absolute atomic E-state index is 12.1. The number of likely N-dealkylation sites (N-methyl/N-ethyl adjacent to an activating group) is 1. The highest BCUT2D eigenvalue weighted by atomic mass is 16.5. The molecule has 1 rings (SSSR count). The topological polar surface area (TPSA) is 55.6 Å². The number of para-hydroxylation sites is 1. The Kier molecular flexibility index (Phi) is 5.57. The number of carbonyl (C=O) groups excluding carboxylic acids is 1. The van der Waals surface area contributed by atoms with Crippen LogP contribution in [0.5, 0.6) is 5.75 Å². The van der Waals surface area contributed by atoms with Crippen molar-refractivity contribution in [2.45, 2.75) is 33.7 Å². The first-order chi connectivity index (χ1) is 9.23. The van der Waals surface area contributed by atoms with E-state index in [1.54, 1.807) is 11.9 Å². The molecular weight excluding hydrogens is 252 g/mol. The van der Waals surface area contributed by atoms with Crippen LogP contribution in [0.1, 0.15) is 26.3 Å². The molecule has 0 saturated carbocycles. The Morgan fingerprint density at radius 2 is 1.95 bits per heavy atom. The third-order valence-electron chi connectivity index (χ3n) is 3.35. The highest BCUT2D eigenvalue weighted by Gasteiger charge is 2.29. The summed E-state index contributed by atoms with van der Waals surface area (Å²) >= 11 is 0. The zero-order valence-corrected chi connectivity index (χ0v) is 13.1. The molecule has 4 nitrogen and oxygen atoms in total. The molecule has 0 bridgehead atoms. The fourth-order valence-corrected chi connectivity index (χ4v) is 1.73. The van der Waals surface area contributed by atoms with E-state index < -0.39 is 6.04 Å². The molecule has 112 valence electrons. The van der Waals surface area contributed by atoms with Crippen LogP contribution in [0.4, 0.5) is 0 Å². The van der Waals surface area contributed by atoms with Gasteiger partial charge in [-0.3, -0.25) is 4.79 Å². The predicted molar refractivity (Wildman–Crippen MR) is 81.7 cm³/mol. The third kappa shape index (κ3) is 4.53. The van der Waals surface area contributed by atoms with E-state index in [0.717, 1.165) is 11.3 Å². The van der Waals surface area contributed by atoms with E-state index in [0.29, 0.717) is 13.2 Å². The van der Waals surface area contributed by atoms with E-state index in [-0.39, 0.29) is 11.3 Å². The van der Waals surface area contributed by atoms with Crippen LogP contribution in [0.2, 0.25) is 0 Å². The van der Waals surface area contributed by atoms with Gasteiger partial charge in [-0.2, -0.15) is 0 Å². The van der Waals surface area contributed by atoms with E-state index in [2.05, 4.69) is 0 Å². The van der Waals surface area contributed by atoms with E-state index in [1.165, 1.54) is 0 Å². The molecule has 2 N–H and O–H groups in total. The molecule has 1 aromatic rings. The molecule has 0 aliphatic rings. The van der Waals surface area contributed by atoms with Gasteiger partial charge in [-0.05, 0) is 24.0 Å². The fourth-order valence-electron chi connectivity index (χ4n) is 1.73. The first-order valence-electron chi connectivity index (χ1n) is 6.92. The number of nitrogens with two attached hydrogens (primary N) is 1. The highest BCUT2D eigenvalue weighted by Crippen LogP contribution is 2.19. The second-order valence-corrected chi connectivity index (χ2v) is 6.22. The van der Waals surface area contributed by atoms with Crippen LogP contribution in [-0.2, 0) is 4.79 Å². The Bertz CT molecular complexity index is 452. The Morgan fingerprint density at radius 1 is 1.35 bits per heavy atom. The fraction of sp³-hybridized carbons (Fsp3) is 0.562. The van der Waals surface area contributed by atoms with Crippen molar-refractivity contribution in [2.24, 2.45) is 11.1 Å². The largest absolute Gasteiger partial charge is 0.491 e. The van der Waals surface area contributed by atoms with Crippen molar-refractivity contribution >= 4 is 5.91 Å². The van der Waals surface area contributed by atoms with E-state index in [4.69, 9.17) is 10.5 Å². The molecule has 4 heteroatoms. The minimum absolute atomic E-state index is 0.0501. The number of amides is 1. The number of benzene rings is 1. The molecular formula is C16H26N2O2. The number of aryl methyl sites for hydroxylation is 1. The van der Waals surface area contributed by atoms with Gasteiger partial charge in [0.25, 0.3) is 0 Å². The van der Waals surface area contributed by atoms with Gasteiger partial charge in [0.1, 0.15) is 12.4 Å². The lowest BCUT2D eigenvalue weighted by Crippen LogP contribution is -2.49. The van der Waals surface area contributed by atoms with Crippen LogP contribution in [0.15, 0.2) is 24.3 Å². The van der Waals surface area contributed by atoms with E-state index >= 15 is 0 Å². The third-order valence-corrected chi connectivity index (χ3v) is 3.35. The molecule has 1 amide bonds. The van der Waals surface area contributed by atoms with Crippen LogP contribution in [0.25, 0.3) is 0 Å². The lowest BCUT2D eigenvalue weighted by atomic mass is 9.86. The van der Waals surface area contributed by atoms with Crippen LogP contribution in [0, 0.1) is 12.3 Å². The molecule has 0 radical (unpaired) electrons. The predicted octanol–water partition coefficient (Wildman–Crippen LogP) is 2.21. The van der Waals surface area contributed by atoms with Gasteiger partial charge >= 0.3 is 0 Å². The molecule has 0 aromatic heterocycles. The second-order valence-electron chi connectivity index (χ2n) is 6.22. The summed E-state index contributed by atoms with van der Waals surface area (Å²) in [5.74, 6) is 0.805. The minimum atomic E-state index is -0.494. The monoisotopic (exact) mass is 278 g/mol. The quantitative estimate of drug-likeness (QED) is 0.898. The van der Waals surface area contributed by atoms with Crippen LogP contribution in [0.3, 0.4) is 0 Å². The van der Waals surface area contributed by atoms with Crippen molar-refractivity contribution in [3.8, 4) is 5.75 Å². The van der Waals surface area contributed by atoms with E-state index in [9.17, 15) is 4.79 Å². The van der Waals surface area contributed by atoms with Crippen molar-refractivity contribution in [2.75, 3.05) is 20.2 Å². The van der Waals surface area contributed by atoms with E-state index in [1.807, 2.05) is 52.0 Å². The molecule has 20 heavy (non-hydrogen) atoms. The van der Waals surface area contributed by atoms with Crippen molar-refractivity contribution in [3.63, 3.8) is 0 Å². The van der Waals surface area contributed by atoms with Gasteiger partial charge in [-0.1, -0.05) is 39.0 Å². The van der Waals surface area contributed by atoms with Crippen LogP contribution < -0.4 is 10.5 Å². The molecule has 1 aromatic carbocycles. The Morgan fingerprint density at radius 3 is 2.50 bits per heavy atom. The maximum atomic E-state index is 12.1. The molecule has 0 aliphatic heterocycles. The molecule has 0 aliphatic carbocycles. The summed E-state index contributed by atoms with van der Waals surface area (Å²) in [6.45, 7) is 8.88. The minimum Gasteiger partial charge on any atom is -0.491 e. The summed E-state index contributed by atoms with van der Waals surface area (Å²) in [5.41, 5.74) is 6.83. The molecule has 0 fully saturated rings. The van der Waals surface area contributed by atoms with Crippen molar-refractivity contribution in [3.05, 3.63) is 29.8 Å². The number of rotatable bonds is 5. The zero-order valence-electron chi connectivity index (χ0n) is 13.1. The van der Waals surface area contributed by atoms with Crippen LogP contribution in [-0.4, -0.2) is 37.0 Å². The van der Waals surface area contributed by atoms with Crippen LogP contribution >= 0.6 is 0 Å². The number of carbonyl (C=O) groups is 1. The number of ether oxygens (including phenoxy) is 1. The van der Waals surface area contributed by atoms with Gasteiger partial charge in [0, 0.05) is 7.05 Å². The average Bonchev–Trinajstić information content (AvgIpc) is 2.38. The van der Waals surface area contributed by atoms with Gasteiger partial charge in [0.05, 0.1) is 12.6 Å². The summed E-state index contributed by atoms with van der Waals surface area (Å²) in [5, 5.41) is 0. The zero-order chi connectivity index (χ0) is 15.3. The average molecular weight is 278 g/mol. The highest BCUT2D eigenvalue weighted by molar-refractivity contribution is 5.82. The molecule has 0 heterocycles. The smallest absolute Gasteiger partial charge is 0.239 e. The summed E-state index contributed by atoms with van der Waals surface area (Å²) in [4.78, 5) is 13.8. The van der Waals surface area contributed by atoms with Gasteiger partial charge in [-0.25, -0.2) is 0 Å². The van der Waals surface area contributed by atoms with Gasteiger partial charge in [0.2, 0.25) is 5.91 Å². The lowest BCUT2D eigenvalue weighted by Gasteiger charge is -2.30. The Labute approximate surface area is 121 Å². The molecule has 1 unspecified atom stereocenters. The van der Waals surface area contributed by atoms with Crippen molar-refractivity contribution in [1.29, 1.82) is 0 Å². The number of hydrogen-bond acceptors (Lipinski definition) is 3. The lowest BCUT2D eigenvalue weighted by molar-refractivity contribution is -0.133. The van der Waals surface area contributed by atoms with Crippen molar-refractivity contribution < 1.29 is 9.53 Å². The number of hydrogen-bond donors (Lipinski definition) is 1. The summed E-state index contributed by atoms with van der Waals surface area (Å²) < 4.78 is 5.69. The summed E-state index contributed by atoms with van der Waals surface area (Å²) in [6.07, 6.45) is 0.